The highest BCUT2D eigenvalue weighted by atomic mass is 35.5. The van der Waals surface area contributed by atoms with Crippen LogP contribution in [-0.2, 0) is 19.4 Å². The average molecular weight is 278 g/mol. The molecule has 0 radical (unpaired) electrons. The van der Waals surface area contributed by atoms with E-state index in [0.717, 1.165) is 25.9 Å². The number of carbonyl (C=O) groups excluding carboxylic acids is 2. The third-order valence-corrected chi connectivity index (χ3v) is 3.78. The zero-order chi connectivity index (χ0) is 12.6. The van der Waals surface area contributed by atoms with Crippen molar-refractivity contribution < 1.29 is 19.4 Å². The van der Waals surface area contributed by atoms with E-state index in [9.17, 15) is 9.59 Å². The van der Waals surface area contributed by atoms with Crippen LogP contribution in [0.4, 0.5) is 0 Å². The van der Waals surface area contributed by atoms with Gasteiger partial charge in [0.2, 0.25) is 0 Å². The number of rotatable bonds is 2. The van der Waals surface area contributed by atoms with Gasteiger partial charge in [0.1, 0.15) is 5.54 Å². The number of nitrogens with zero attached hydrogens (tertiary/aromatic N) is 1. The fraction of sp³-hybridized carbons (Fsp3) is 0.833. The third kappa shape index (κ3) is 2.62. The normalized spacial score (nSPS) is 33.1. The molecule has 2 aliphatic heterocycles. The molecule has 0 spiro atoms. The molecule has 0 saturated carbocycles. The molecule has 18 heavy (non-hydrogen) atoms. The first-order valence-electron chi connectivity index (χ1n) is 6.11. The summed E-state index contributed by atoms with van der Waals surface area (Å²) in [5, 5.41) is 0. The lowest BCUT2D eigenvalue weighted by Crippen LogP contribution is -2.49. The minimum atomic E-state index is -0.611. The van der Waals surface area contributed by atoms with Crippen molar-refractivity contribution in [2.75, 3.05) is 13.1 Å². The average Bonchev–Trinajstić information content (AvgIpc) is 2.85. The summed E-state index contributed by atoms with van der Waals surface area (Å²) in [5.41, 5.74) is -0.611. The molecule has 3 atom stereocenters. The SMILES string of the molecule is CC(C)C(=O)OOC(=O)C1(C)CC2CCN1C2.Cl. The monoisotopic (exact) mass is 277 g/mol. The first-order valence-corrected chi connectivity index (χ1v) is 6.11. The largest absolute Gasteiger partial charge is 0.375 e. The number of hydrogen-bond donors (Lipinski definition) is 0. The van der Waals surface area contributed by atoms with Crippen LogP contribution >= 0.6 is 12.4 Å². The third-order valence-electron chi connectivity index (χ3n) is 3.78. The van der Waals surface area contributed by atoms with E-state index in [1.165, 1.54) is 0 Å². The maximum absolute atomic E-state index is 11.9. The molecule has 0 aromatic heterocycles. The van der Waals surface area contributed by atoms with Crippen LogP contribution in [0.3, 0.4) is 0 Å². The molecule has 0 aliphatic carbocycles. The van der Waals surface area contributed by atoms with E-state index < -0.39 is 17.5 Å². The van der Waals surface area contributed by atoms with Crippen LogP contribution in [0.2, 0.25) is 0 Å². The molecule has 0 amide bonds. The molecule has 2 rings (SSSR count). The van der Waals surface area contributed by atoms with E-state index in [1.807, 2.05) is 6.92 Å². The summed E-state index contributed by atoms with van der Waals surface area (Å²) in [7, 11) is 0. The van der Waals surface area contributed by atoms with Crippen molar-refractivity contribution in [2.24, 2.45) is 11.8 Å². The molecule has 3 unspecified atom stereocenters. The lowest BCUT2D eigenvalue weighted by Gasteiger charge is -2.32. The molecule has 0 N–H and O–H groups in total. The Hall–Kier alpha value is -0.810. The second kappa shape index (κ2) is 5.45. The van der Waals surface area contributed by atoms with Gasteiger partial charge < -0.3 is 0 Å². The number of hydrogen-bond acceptors (Lipinski definition) is 5. The summed E-state index contributed by atoms with van der Waals surface area (Å²) in [6.07, 6.45) is 1.94. The van der Waals surface area contributed by atoms with Crippen molar-refractivity contribution >= 4 is 24.3 Å². The van der Waals surface area contributed by atoms with Crippen molar-refractivity contribution in [3.63, 3.8) is 0 Å². The van der Waals surface area contributed by atoms with Gasteiger partial charge >= 0.3 is 11.9 Å². The smallest absolute Gasteiger partial charge is 0.288 e. The topological polar surface area (TPSA) is 55.8 Å². The molecule has 104 valence electrons. The molecular weight excluding hydrogens is 258 g/mol. The first-order chi connectivity index (χ1) is 7.93. The van der Waals surface area contributed by atoms with E-state index in [0.29, 0.717) is 5.92 Å². The van der Waals surface area contributed by atoms with Crippen molar-refractivity contribution in [3.05, 3.63) is 0 Å². The van der Waals surface area contributed by atoms with E-state index in [-0.39, 0.29) is 18.3 Å². The standard InChI is InChI=1S/C12H19NO4.ClH/c1-8(2)10(14)16-17-11(15)12(3)6-9-4-5-13(12)7-9;/h8-9H,4-7H2,1-3H3;1H. The Kier molecular flexibility index (Phi) is 4.61. The van der Waals surface area contributed by atoms with Crippen molar-refractivity contribution in [3.8, 4) is 0 Å². The zero-order valence-corrected chi connectivity index (χ0v) is 11.8. The predicted molar refractivity (Wildman–Crippen MR) is 67.0 cm³/mol. The minimum Gasteiger partial charge on any atom is -0.288 e. The van der Waals surface area contributed by atoms with Crippen LogP contribution in [0.15, 0.2) is 0 Å². The Balaban J connectivity index is 0.00000162. The van der Waals surface area contributed by atoms with Gasteiger partial charge in [0, 0.05) is 6.54 Å². The summed E-state index contributed by atoms with van der Waals surface area (Å²) in [5.74, 6) is -0.682. The van der Waals surface area contributed by atoms with Gasteiger partial charge in [-0.15, -0.1) is 12.4 Å². The predicted octanol–water partition coefficient (Wildman–Crippen LogP) is 1.55. The Labute approximate surface area is 113 Å². The second-order valence-electron chi connectivity index (χ2n) is 5.51. The van der Waals surface area contributed by atoms with Gasteiger partial charge in [-0.1, -0.05) is 13.8 Å². The quantitative estimate of drug-likeness (QED) is 0.566. The molecule has 2 fully saturated rings. The molecule has 0 aromatic rings. The summed E-state index contributed by atoms with van der Waals surface area (Å²) in [4.78, 5) is 34.5. The highest BCUT2D eigenvalue weighted by Gasteiger charge is 2.52. The lowest BCUT2D eigenvalue weighted by atomic mass is 9.90. The van der Waals surface area contributed by atoms with E-state index >= 15 is 0 Å². The highest BCUT2D eigenvalue weighted by molar-refractivity contribution is 5.85. The summed E-state index contributed by atoms with van der Waals surface area (Å²) >= 11 is 0. The van der Waals surface area contributed by atoms with E-state index in [4.69, 9.17) is 0 Å². The van der Waals surface area contributed by atoms with E-state index in [2.05, 4.69) is 14.7 Å². The zero-order valence-electron chi connectivity index (χ0n) is 11.0. The van der Waals surface area contributed by atoms with Crippen molar-refractivity contribution in [1.82, 2.24) is 4.90 Å². The van der Waals surface area contributed by atoms with Gasteiger partial charge in [-0.25, -0.2) is 19.4 Å². The number of piperidine rings is 1. The van der Waals surface area contributed by atoms with Crippen LogP contribution in [0.1, 0.15) is 33.6 Å². The fourth-order valence-corrected chi connectivity index (χ4v) is 2.62. The first kappa shape index (κ1) is 15.2. The number of halogens is 1. The van der Waals surface area contributed by atoms with Crippen molar-refractivity contribution in [2.45, 2.75) is 39.2 Å². The van der Waals surface area contributed by atoms with E-state index in [1.54, 1.807) is 13.8 Å². The second-order valence-corrected chi connectivity index (χ2v) is 5.51. The van der Waals surface area contributed by atoms with Crippen LogP contribution in [0.5, 0.6) is 0 Å². The summed E-state index contributed by atoms with van der Waals surface area (Å²) < 4.78 is 0. The molecule has 5 nitrogen and oxygen atoms in total. The van der Waals surface area contributed by atoms with Gasteiger partial charge in [0.15, 0.2) is 0 Å². The van der Waals surface area contributed by atoms with Crippen LogP contribution < -0.4 is 0 Å². The molecule has 2 saturated heterocycles. The Morgan fingerprint density at radius 2 is 2.00 bits per heavy atom. The summed E-state index contributed by atoms with van der Waals surface area (Å²) in [6.45, 7) is 7.12. The van der Waals surface area contributed by atoms with Gasteiger partial charge in [0.05, 0.1) is 5.92 Å². The lowest BCUT2D eigenvalue weighted by molar-refractivity contribution is -0.268. The maximum Gasteiger partial charge on any atom is 0.375 e. The molecule has 2 bridgehead atoms. The summed E-state index contributed by atoms with van der Waals surface area (Å²) in [6, 6.07) is 0. The van der Waals surface area contributed by atoms with Crippen molar-refractivity contribution in [1.29, 1.82) is 0 Å². The molecule has 6 heteroatoms. The Morgan fingerprint density at radius 3 is 2.44 bits per heavy atom. The number of carbonyl (C=O) groups is 2. The van der Waals surface area contributed by atoms with Gasteiger partial charge in [-0.05, 0) is 32.2 Å². The Bertz CT molecular complexity index is 347. The van der Waals surface area contributed by atoms with Crippen LogP contribution in [-0.4, -0.2) is 35.5 Å². The minimum absolute atomic E-state index is 0. The van der Waals surface area contributed by atoms with Crippen LogP contribution in [0.25, 0.3) is 0 Å². The maximum atomic E-state index is 11.9. The van der Waals surface area contributed by atoms with Gasteiger partial charge in [0.25, 0.3) is 0 Å². The Morgan fingerprint density at radius 1 is 1.33 bits per heavy atom. The van der Waals surface area contributed by atoms with Crippen LogP contribution in [0, 0.1) is 11.8 Å². The highest BCUT2D eigenvalue weighted by Crippen LogP contribution is 2.41. The fourth-order valence-electron chi connectivity index (χ4n) is 2.62. The molecule has 2 aliphatic rings. The molecule has 0 aromatic carbocycles. The van der Waals surface area contributed by atoms with Gasteiger partial charge in [-0.2, -0.15) is 0 Å². The van der Waals surface area contributed by atoms with Gasteiger partial charge in [-0.3, -0.25) is 4.90 Å². The molecule has 2 heterocycles. The molecular formula is C12H20ClNO4. The number of fused-ring (bicyclic) bond motifs is 2.